The lowest BCUT2D eigenvalue weighted by atomic mass is 9.67. The maximum absolute atomic E-state index is 5.69. The topological polar surface area (TPSA) is 30.7 Å². The molecule has 2 heterocycles. The lowest BCUT2D eigenvalue weighted by molar-refractivity contribution is 0.635. The van der Waals surface area contributed by atoms with E-state index < -0.39 is 5.41 Å². The number of hydrogen-bond acceptors (Lipinski definition) is 2. The minimum atomic E-state index is -0.466. The number of fused-ring (bicyclic) bond motifs is 10. The molecule has 0 amide bonds. The quantitative estimate of drug-likeness (QED) is 0.181. The molecule has 0 unspecified atom stereocenters. The van der Waals surface area contributed by atoms with Crippen molar-refractivity contribution >= 4 is 32.6 Å². The van der Waals surface area contributed by atoms with Crippen molar-refractivity contribution in [3.63, 3.8) is 0 Å². The van der Waals surface area contributed by atoms with Crippen LogP contribution in [-0.2, 0) is 10.8 Å². The van der Waals surface area contributed by atoms with Crippen molar-refractivity contribution in [1.82, 2.24) is 14.5 Å². The van der Waals surface area contributed by atoms with Gasteiger partial charge in [-0.2, -0.15) is 0 Å². The van der Waals surface area contributed by atoms with Crippen molar-refractivity contribution < 1.29 is 0 Å². The monoisotopic (exact) mass is 727 g/mol. The van der Waals surface area contributed by atoms with Gasteiger partial charge in [-0.3, -0.25) is 4.57 Å². The van der Waals surface area contributed by atoms with E-state index in [1.165, 1.54) is 66.1 Å². The highest BCUT2D eigenvalue weighted by Gasteiger charge is 2.46. The predicted molar refractivity (Wildman–Crippen MR) is 234 cm³/mol. The van der Waals surface area contributed by atoms with Crippen LogP contribution in [0.5, 0.6) is 0 Å². The van der Waals surface area contributed by atoms with Crippen molar-refractivity contribution in [2.45, 2.75) is 24.7 Å². The maximum atomic E-state index is 5.69. The Morgan fingerprint density at radius 1 is 0.439 bits per heavy atom. The highest BCUT2D eigenvalue weighted by Crippen LogP contribution is 2.57. The van der Waals surface area contributed by atoms with Gasteiger partial charge in [-0.25, -0.2) is 9.97 Å². The lowest BCUT2D eigenvalue weighted by Crippen LogP contribution is -2.28. The smallest absolute Gasteiger partial charge is 0.161 e. The zero-order chi connectivity index (χ0) is 37.9. The Balaban J connectivity index is 1.16. The van der Waals surface area contributed by atoms with E-state index in [0.29, 0.717) is 0 Å². The maximum Gasteiger partial charge on any atom is 0.161 e. The Morgan fingerprint density at radius 3 is 1.79 bits per heavy atom. The van der Waals surface area contributed by atoms with Crippen LogP contribution in [-0.4, -0.2) is 14.5 Å². The van der Waals surface area contributed by atoms with E-state index in [0.717, 1.165) is 39.5 Å². The Hall–Kier alpha value is -7.10. The standard InChI is InChI=1S/C54H37N3/c1-53(2)44-26-14-12-25-41(44)49-50(53)55-51(56-52(49)57-47-28-16-13-24-40(47)43-31-34-17-9-10-18-35(34)33-48(43)57)36-29-30-46-42(32-36)39-23-11-15-27-45(39)54(46,37-19-5-3-6-20-37)38-21-7-4-8-22-38/h3-33H,1-2H3. The third kappa shape index (κ3) is 4.31. The van der Waals surface area contributed by atoms with Gasteiger partial charge in [0.05, 0.1) is 22.1 Å². The predicted octanol–water partition coefficient (Wildman–Crippen LogP) is 13.1. The average Bonchev–Trinajstić information content (AvgIpc) is 3.84. The van der Waals surface area contributed by atoms with Crippen LogP contribution < -0.4 is 0 Å². The van der Waals surface area contributed by atoms with Gasteiger partial charge in [0.15, 0.2) is 5.82 Å². The second-order valence-electron chi connectivity index (χ2n) is 16.1. The number of para-hydroxylation sites is 1. The van der Waals surface area contributed by atoms with Gasteiger partial charge in [0.1, 0.15) is 5.82 Å². The second kappa shape index (κ2) is 11.7. The number of hydrogen-bond donors (Lipinski definition) is 0. The van der Waals surface area contributed by atoms with Crippen LogP contribution in [0, 0.1) is 0 Å². The molecule has 10 aromatic rings. The lowest BCUT2D eigenvalue weighted by Gasteiger charge is -2.33. The summed E-state index contributed by atoms with van der Waals surface area (Å²) in [5, 5.41) is 4.87. The molecule has 0 N–H and O–H groups in total. The molecule has 2 aliphatic carbocycles. The Morgan fingerprint density at radius 2 is 1.04 bits per heavy atom. The summed E-state index contributed by atoms with van der Waals surface area (Å²) in [4.78, 5) is 11.3. The molecule has 268 valence electrons. The largest absolute Gasteiger partial charge is 0.293 e. The molecule has 57 heavy (non-hydrogen) atoms. The van der Waals surface area contributed by atoms with Crippen LogP contribution in [0.1, 0.15) is 47.4 Å². The van der Waals surface area contributed by atoms with Crippen LogP contribution in [0.2, 0.25) is 0 Å². The summed E-state index contributed by atoms with van der Waals surface area (Å²) in [5.41, 5.74) is 14.6. The van der Waals surface area contributed by atoms with E-state index in [4.69, 9.17) is 9.97 Å². The normalized spacial score (nSPS) is 14.4. The summed E-state index contributed by atoms with van der Waals surface area (Å²) in [6.07, 6.45) is 0. The number of aromatic nitrogens is 3. The molecule has 0 fully saturated rings. The van der Waals surface area contributed by atoms with Crippen LogP contribution in [0.15, 0.2) is 188 Å². The third-order valence-corrected chi connectivity index (χ3v) is 12.8. The fourth-order valence-corrected chi connectivity index (χ4v) is 10.3. The number of benzene rings is 8. The SMILES string of the molecule is CC1(C)c2ccccc2-c2c(-n3c4ccccc4c4cc5ccccc5cc43)nc(-c3ccc4c(c3)-c3ccccc3C4(c3ccccc3)c3ccccc3)nc21. The summed E-state index contributed by atoms with van der Waals surface area (Å²) in [6.45, 7) is 4.62. The Bertz CT molecular complexity index is 3220. The van der Waals surface area contributed by atoms with E-state index >= 15 is 0 Å². The van der Waals surface area contributed by atoms with Crippen molar-refractivity contribution in [3.05, 3.63) is 222 Å². The molecule has 0 radical (unpaired) electrons. The van der Waals surface area contributed by atoms with Gasteiger partial charge in [0, 0.05) is 27.3 Å². The van der Waals surface area contributed by atoms with Gasteiger partial charge in [0.2, 0.25) is 0 Å². The molecular weight excluding hydrogens is 691 g/mol. The summed E-state index contributed by atoms with van der Waals surface area (Å²) in [7, 11) is 0. The molecule has 2 aromatic heterocycles. The number of rotatable bonds is 4. The molecule has 0 saturated carbocycles. The summed E-state index contributed by atoms with van der Waals surface area (Å²) >= 11 is 0. The Labute approximate surface area is 331 Å². The average molecular weight is 728 g/mol. The van der Waals surface area contributed by atoms with Crippen molar-refractivity contribution in [1.29, 1.82) is 0 Å². The van der Waals surface area contributed by atoms with E-state index in [-0.39, 0.29) is 5.41 Å². The van der Waals surface area contributed by atoms with Gasteiger partial charge in [-0.15, -0.1) is 0 Å². The minimum absolute atomic E-state index is 0.330. The zero-order valence-electron chi connectivity index (χ0n) is 31.7. The second-order valence-corrected chi connectivity index (χ2v) is 16.1. The van der Waals surface area contributed by atoms with Gasteiger partial charge >= 0.3 is 0 Å². The van der Waals surface area contributed by atoms with Crippen molar-refractivity contribution in [3.8, 4) is 39.5 Å². The van der Waals surface area contributed by atoms with E-state index in [2.05, 4.69) is 206 Å². The van der Waals surface area contributed by atoms with Gasteiger partial charge in [-0.1, -0.05) is 178 Å². The molecule has 0 atom stereocenters. The first-order valence-electron chi connectivity index (χ1n) is 19.8. The first-order valence-corrected chi connectivity index (χ1v) is 19.8. The van der Waals surface area contributed by atoms with Gasteiger partial charge in [0.25, 0.3) is 0 Å². The molecule has 0 saturated heterocycles. The van der Waals surface area contributed by atoms with E-state index in [9.17, 15) is 0 Å². The molecule has 0 spiro atoms. The van der Waals surface area contributed by atoms with Gasteiger partial charge in [-0.05, 0) is 79.5 Å². The first kappa shape index (κ1) is 32.2. The zero-order valence-corrected chi connectivity index (χ0v) is 31.7. The molecule has 12 rings (SSSR count). The molecule has 3 nitrogen and oxygen atoms in total. The molecule has 3 heteroatoms. The Kier molecular flexibility index (Phi) is 6.61. The molecule has 2 aliphatic rings. The van der Waals surface area contributed by atoms with Crippen LogP contribution in [0.4, 0.5) is 0 Å². The van der Waals surface area contributed by atoms with Crippen LogP contribution in [0.25, 0.3) is 72.0 Å². The van der Waals surface area contributed by atoms with Gasteiger partial charge < -0.3 is 0 Å². The molecule has 0 aliphatic heterocycles. The van der Waals surface area contributed by atoms with Crippen LogP contribution in [0.3, 0.4) is 0 Å². The van der Waals surface area contributed by atoms with Crippen molar-refractivity contribution in [2.75, 3.05) is 0 Å². The minimum Gasteiger partial charge on any atom is -0.293 e. The fraction of sp³-hybridized carbons (Fsp3) is 0.0741. The summed E-state index contributed by atoms with van der Waals surface area (Å²) in [5.74, 6) is 1.65. The third-order valence-electron chi connectivity index (χ3n) is 12.8. The number of nitrogens with zero attached hydrogens (tertiary/aromatic N) is 3. The highest BCUT2D eigenvalue weighted by molar-refractivity contribution is 6.14. The first-order chi connectivity index (χ1) is 28.0. The summed E-state index contributed by atoms with van der Waals surface area (Å²) < 4.78 is 2.40. The fourth-order valence-electron chi connectivity index (χ4n) is 10.3. The van der Waals surface area contributed by atoms with Crippen LogP contribution >= 0.6 is 0 Å². The molecular formula is C54H37N3. The van der Waals surface area contributed by atoms with E-state index in [1.54, 1.807) is 0 Å². The molecule has 8 aromatic carbocycles. The van der Waals surface area contributed by atoms with Crippen molar-refractivity contribution in [2.24, 2.45) is 0 Å². The molecule has 0 bridgehead atoms. The highest BCUT2D eigenvalue weighted by atomic mass is 15.1. The van der Waals surface area contributed by atoms with E-state index in [1.807, 2.05) is 0 Å². The summed E-state index contributed by atoms with van der Waals surface area (Å²) in [6, 6.07) is 68.7.